The summed E-state index contributed by atoms with van der Waals surface area (Å²) in [5.41, 5.74) is 3.03. The summed E-state index contributed by atoms with van der Waals surface area (Å²) in [6.07, 6.45) is 6.20. The first-order chi connectivity index (χ1) is 10.8. The summed E-state index contributed by atoms with van der Waals surface area (Å²) in [6.45, 7) is 10.5. The Labute approximate surface area is 135 Å². The van der Waals surface area contributed by atoms with E-state index < -0.39 is 0 Å². The highest BCUT2D eigenvalue weighted by atomic mass is 16.5. The first-order valence-corrected chi connectivity index (χ1v) is 9.04. The van der Waals surface area contributed by atoms with Crippen LogP contribution in [0.25, 0.3) is 0 Å². The van der Waals surface area contributed by atoms with Crippen LogP contribution < -0.4 is 4.74 Å². The van der Waals surface area contributed by atoms with Gasteiger partial charge >= 0.3 is 0 Å². The molecule has 1 aromatic rings. The molecule has 1 heterocycles. The highest BCUT2D eigenvalue weighted by Gasteiger charge is 2.14. The smallest absolute Gasteiger partial charge is 0.119 e. The third-order valence-electron chi connectivity index (χ3n) is 5.12. The third-order valence-corrected chi connectivity index (χ3v) is 5.12. The Morgan fingerprint density at radius 1 is 0.955 bits per heavy atom. The fourth-order valence-electron chi connectivity index (χ4n) is 3.59. The van der Waals surface area contributed by atoms with Gasteiger partial charge in [0.05, 0.1) is 6.61 Å². The SMILES string of the molecule is CCN1CCN(CCCCOc2ccc3c(c2)CCC3)CC1. The predicted octanol–water partition coefficient (Wildman–Crippen LogP) is 2.97. The van der Waals surface area contributed by atoms with Crippen LogP contribution in [0, 0.1) is 0 Å². The van der Waals surface area contributed by atoms with Crippen molar-refractivity contribution in [3.05, 3.63) is 29.3 Å². The van der Waals surface area contributed by atoms with Crippen LogP contribution >= 0.6 is 0 Å². The molecule has 1 fully saturated rings. The molecule has 0 atom stereocenters. The fourth-order valence-corrected chi connectivity index (χ4v) is 3.59. The number of nitrogens with zero attached hydrogens (tertiary/aromatic N) is 2. The van der Waals surface area contributed by atoms with Crippen molar-refractivity contribution in [3.8, 4) is 5.75 Å². The lowest BCUT2D eigenvalue weighted by atomic mass is 10.1. The van der Waals surface area contributed by atoms with Crippen molar-refractivity contribution in [2.45, 2.75) is 39.0 Å². The van der Waals surface area contributed by atoms with Crippen LogP contribution in [0.4, 0.5) is 0 Å². The van der Waals surface area contributed by atoms with Gasteiger partial charge in [-0.05, 0) is 68.5 Å². The maximum atomic E-state index is 5.93. The molecule has 0 radical (unpaired) electrons. The second-order valence-electron chi connectivity index (χ2n) is 6.62. The molecule has 2 aliphatic rings. The van der Waals surface area contributed by atoms with E-state index in [-0.39, 0.29) is 0 Å². The van der Waals surface area contributed by atoms with Crippen molar-refractivity contribution in [2.24, 2.45) is 0 Å². The summed E-state index contributed by atoms with van der Waals surface area (Å²) < 4.78 is 5.93. The molecule has 22 heavy (non-hydrogen) atoms. The van der Waals surface area contributed by atoms with Gasteiger partial charge in [0.2, 0.25) is 0 Å². The zero-order valence-electron chi connectivity index (χ0n) is 14.0. The van der Waals surface area contributed by atoms with E-state index in [1.807, 2.05) is 0 Å². The molecule has 0 bridgehead atoms. The van der Waals surface area contributed by atoms with Crippen LogP contribution in [0.15, 0.2) is 18.2 Å². The Morgan fingerprint density at radius 2 is 1.73 bits per heavy atom. The quantitative estimate of drug-likeness (QED) is 0.720. The molecule has 1 saturated heterocycles. The minimum absolute atomic E-state index is 0.855. The van der Waals surface area contributed by atoms with E-state index in [1.54, 1.807) is 0 Å². The van der Waals surface area contributed by atoms with Gasteiger partial charge in [-0.2, -0.15) is 0 Å². The third kappa shape index (κ3) is 4.23. The molecule has 122 valence electrons. The van der Waals surface area contributed by atoms with E-state index in [0.717, 1.165) is 18.8 Å². The van der Waals surface area contributed by atoms with Gasteiger partial charge in [-0.15, -0.1) is 0 Å². The molecular weight excluding hydrogens is 272 g/mol. The molecule has 3 nitrogen and oxygen atoms in total. The minimum Gasteiger partial charge on any atom is -0.494 e. The highest BCUT2D eigenvalue weighted by molar-refractivity contribution is 5.38. The van der Waals surface area contributed by atoms with Crippen molar-refractivity contribution < 1.29 is 4.74 Å². The second kappa shape index (κ2) is 7.98. The van der Waals surface area contributed by atoms with Gasteiger partial charge in [0.1, 0.15) is 5.75 Å². The van der Waals surface area contributed by atoms with Gasteiger partial charge in [-0.3, -0.25) is 0 Å². The largest absolute Gasteiger partial charge is 0.494 e. The number of piperazine rings is 1. The summed E-state index contributed by atoms with van der Waals surface area (Å²) >= 11 is 0. The molecule has 0 saturated carbocycles. The zero-order chi connectivity index (χ0) is 15.2. The van der Waals surface area contributed by atoms with Gasteiger partial charge < -0.3 is 14.5 Å². The van der Waals surface area contributed by atoms with Crippen molar-refractivity contribution in [3.63, 3.8) is 0 Å². The number of likely N-dealkylation sites (N-methyl/N-ethyl adjacent to an activating group) is 1. The normalized spacial score (nSPS) is 19.3. The van der Waals surface area contributed by atoms with Gasteiger partial charge in [-0.1, -0.05) is 13.0 Å². The van der Waals surface area contributed by atoms with Gasteiger partial charge in [0, 0.05) is 26.2 Å². The molecule has 1 aromatic carbocycles. The molecule has 1 aliphatic heterocycles. The maximum Gasteiger partial charge on any atom is 0.119 e. The average molecular weight is 302 g/mol. The number of hydrogen-bond donors (Lipinski definition) is 0. The summed E-state index contributed by atoms with van der Waals surface area (Å²) in [4.78, 5) is 5.13. The van der Waals surface area contributed by atoms with E-state index in [1.165, 1.54) is 76.1 Å². The van der Waals surface area contributed by atoms with E-state index in [9.17, 15) is 0 Å². The van der Waals surface area contributed by atoms with Crippen LogP contribution in [-0.2, 0) is 12.8 Å². The maximum absolute atomic E-state index is 5.93. The van der Waals surface area contributed by atoms with Crippen LogP contribution in [0.3, 0.4) is 0 Å². The molecule has 0 unspecified atom stereocenters. The standard InChI is InChI=1S/C19H30N2O/c1-2-20-11-13-21(14-12-20)10-3-4-15-22-19-9-8-17-6-5-7-18(17)16-19/h8-9,16H,2-7,10-15H2,1H3. The number of unbranched alkanes of at least 4 members (excludes halogenated alkanes) is 1. The molecular formula is C19H30N2O. The summed E-state index contributed by atoms with van der Waals surface area (Å²) in [5.74, 6) is 1.07. The van der Waals surface area contributed by atoms with E-state index in [2.05, 4.69) is 34.9 Å². The predicted molar refractivity (Wildman–Crippen MR) is 91.8 cm³/mol. The van der Waals surface area contributed by atoms with E-state index in [4.69, 9.17) is 4.74 Å². The van der Waals surface area contributed by atoms with E-state index >= 15 is 0 Å². The molecule has 0 N–H and O–H groups in total. The van der Waals surface area contributed by atoms with Crippen molar-refractivity contribution in [2.75, 3.05) is 45.9 Å². The molecule has 3 heteroatoms. The first kappa shape index (κ1) is 15.8. The van der Waals surface area contributed by atoms with Crippen LogP contribution in [0.2, 0.25) is 0 Å². The number of ether oxygens (including phenoxy) is 1. The number of fused-ring (bicyclic) bond motifs is 1. The summed E-state index contributed by atoms with van der Waals surface area (Å²) in [7, 11) is 0. The lowest BCUT2D eigenvalue weighted by molar-refractivity contribution is 0.134. The highest BCUT2D eigenvalue weighted by Crippen LogP contribution is 2.26. The summed E-state index contributed by atoms with van der Waals surface area (Å²) in [5, 5.41) is 0. The number of benzene rings is 1. The number of hydrogen-bond acceptors (Lipinski definition) is 3. The Bertz CT molecular complexity index is 467. The Morgan fingerprint density at radius 3 is 2.55 bits per heavy atom. The van der Waals surface area contributed by atoms with Crippen molar-refractivity contribution in [1.29, 1.82) is 0 Å². The van der Waals surface area contributed by atoms with Crippen molar-refractivity contribution in [1.82, 2.24) is 9.80 Å². The zero-order valence-corrected chi connectivity index (χ0v) is 14.0. The topological polar surface area (TPSA) is 15.7 Å². The van der Waals surface area contributed by atoms with E-state index in [0.29, 0.717) is 0 Å². The molecule has 3 rings (SSSR count). The van der Waals surface area contributed by atoms with Gasteiger partial charge in [-0.25, -0.2) is 0 Å². The Balaban J connectivity index is 1.29. The average Bonchev–Trinajstić information content (AvgIpc) is 3.03. The molecule has 0 aromatic heterocycles. The lowest BCUT2D eigenvalue weighted by Gasteiger charge is -2.33. The molecule has 0 spiro atoms. The first-order valence-electron chi connectivity index (χ1n) is 9.04. The minimum atomic E-state index is 0.855. The number of aryl methyl sites for hydroxylation is 2. The van der Waals surface area contributed by atoms with Crippen LogP contribution in [0.5, 0.6) is 5.75 Å². The van der Waals surface area contributed by atoms with Gasteiger partial charge in [0.15, 0.2) is 0 Å². The summed E-state index contributed by atoms with van der Waals surface area (Å²) in [6, 6.07) is 6.66. The lowest BCUT2D eigenvalue weighted by Crippen LogP contribution is -2.46. The fraction of sp³-hybridized carbons (Fsp3) is 0.684. The molecule has 0 amide bonds. The van der Waals surface area contributed by atoms with Crippen LogP contribution in [0.1, 0.15) is 37.3 Å². The molecule has 1 aliphatic carbocycles. The Hall–Kier alpha value is -1.06. The monoisotopic (exact) mass is 302 g/mol. The van der Waals surface area contributed by atoms with Gasteiger partial charge in [0.25, 0.3) is 0 Å². The van der Waals surface area contributed by atoms with Crippen LogP contribution in [-0.4, -0.2) is 55.7 Å². The Kier molecular flexibility index (Phi) is 5.74. The second-order valence-corrected chi connectivity index (χ2v) is 6.62. The van der Waals surface area contributed by atoms with Crippen molar-refractivity contribution >= 4 is 0 Å². The number of rotatable bonds is 7.